The second kappa shape index (κ2) is 4.57. The molecule has 0 radical (unpaired) electrons. The van der Waals surface area contributed by atoms with Crippen LogP contribution in [-0.2, 0) is 4.79 Å². The molecule has 0 saturated carbocycles. The molecule has 92 valence electrons. The van der Waals surface area contributed by atoms with E-state index in [1.165, 1.54) is 0 Å². The minimum absolute atomic E-state index is 0.0617. The van der Waals surface area contributed by atoms with E-state index in [0.717, 1.165) is 5.82 Å². The maximum absolute atomic E-state index is 11.4. The van der Waals surface area contributed by atoms with Gasteiger partial charge in [-0.2, -0.15) is 4.98 Å². The van der Waals surface area contributed by atoms with Gasteiger partial charge in [0.25, 0.3) is 0 Å². The monoisotopic (exact) mass is 235 g/mol. The van der Waals surface area contributed by atoms with E-state index in [-0.39, 0.29) is 11.8 Å². The van der Waals surface area contributed by atoms with Gasteiger partial charge in [-0.1, -0.05) is 0 Å². The van der Waals surface area contributed by atoms with Crippen LogP contribution >= 0.6 is 0 Å². The highest BCUT2D eigenvalue weighted by Gasteiger charge is 2.33. The number of aromatic nitrogens is 2. The van der Waals surface area contributed by atoms with E-state index in [4.69, 9.17) is 0 Å². The lowest BCUT2D eigenvalue weighted by Gasteiger charge is -2.38. The molecule has 0 atom stereocenters. The van der Waals surface area contributed by atoms with E-state index in [1.54, 1.807) is 13.2 Å². The molecule has 1 aliphatic rings. The van der Waals surface area contributed by atoms with Crippen LogP contribution in [0.15, 0.2) is 12.3 Å². The number of hydrogen-bond donors (Lipinski definition) is 1. The van der Waals surface area contributed by atoms with Gasteiger partial charge >= 0.3 is 0 Å². The molecule has 1 aromatic rings. The average molecular weight is 235 g/mol. The first-order valence-electron chi connectivity index (χ1n) is 5.58. The molecule has 6 nitrogen and oxygen atoms in total. The summed E-state index contributed by atoms with van der Waals surface area (Å²) < 4.78 is 0. The zero-order valence-electron chi connectivity index (χ0n) is 10.3. The number of carbonyl (C=O) groups is 1. The highest BCUT2D eigenvalue weighted by molar-refractivity contribution is 5.81. The fourth-order valence-corrected chi connectivity index (χ4v) is 1.75. The molecule has 1 saturated heterocycles. The van der Waals surface area contributed by atoms with Crippen molar-refractivity contribution >= 4 is 17.7 Å². The first-order valence-corrected chi connectivity index (χ1v) is 5.58. The lowest BCUT2D eigenvalue weighted by atomic mass is 10.00. The van der Waals surface area contributed by atoms with Crippen molar-refractivity contribution in [2.24, 2.45) is 5.92 Å². The summed E-state index contributed by atoms with van der Waals surface area (Å²) in [6.07, 6.45) is 1.74. The van der Waals surface area contributed by atoms with Gasteiger partial charge in [0.2, 0.25) is 11.9 Å². The van der Waals surface area contributed by atoms with Crippen LogP contribution in [0.3, 0.4) is 0 Å². The van der Waals surface area contributed by atoms with Crippen LogP contribution in [0.1, 0.15) is 0 Å². The molecule has 1 N–H and O–H groups in total. The van der Waals surface area contributed by atoms with Gasteiger partial charge < -0.3 is 15.1 Å². The van der Waals surface area contributed by atoms with Crippen LogP contribution in [0.5, 0.6) is 0 Å². The third kappa shape index (κ3) is 2.30. The Morgan fingerprint density at radius 2 is 2.24 bits per heavy atom. The van der Waals surface area contributed by atoms with Gasteiger partial charge in [0.1, 0.15) is 5.82 Å². The Kier molecular flexibility index (Phi) is 3.12. The SMILES string of the molecule is CNC(=O)C1CN(c2nccc(N(C)C)n2)C1. The number of nitrogens with zero attached hydrogens (tertiary/aromatic N) is 4. The van der Waals surface area contributed by atoms with Crippen molar-refractivity contribution in [2.75, 3.05) is 44.0 Å². The molecule has 0 bridgehead atoms. The fraction of sp³-hybridized carbons (Fsp3) is 0.545. The summed E-state index contributed by atoms with van der Waals surface area (Å²) in [5.41, 5.74) is 0. The lowest BCUT2D eigenvalue weighted by Crippen LogP contribution is -2.53. The van der Waals surface area contributed by atoms with Crippen LogP contribution < -0.4 is 15.1 Å². The average Bonchev–Trinajstić information content (AvgIpc) is 2.27. The van der Waals surface area contributed by atoms with Gasteiger partial charge in [0, 0.05) is 40.4 Å². The zero-order chi connectivity index (χ0) is 12.4. The van der Waals surface area contributed by atoms with Gasteiger partial charge in [-0.05, 0) is 6.07 Å². The smallest absolute Gasteiger partial charge is 0.227 e. The zero-order valence-corrected chi connectivity index (χ0v) is 10.3. The van der Waals surface area contributed by atoms with Crippen LogP contribution in [0.4, 0.5) is 11.8 Å². The van der Waals surface area contributed by atoms with Crippen LogP contribution in [-0.4, -0.2) is 50.1 Å². The largest absolute Gasteiger partial charge is 0.363 e. The summed E-state index contributed by atoms with van der Waals surface area (Å²) in [5, 5.41) is 2.65. The molecule has 1 aromatic heterocycles. The third-order valence-electron chi connectivity index (χ3n) is 2.87. The van der Waals surface area contributed by atoms with Crippen molar-refractivity contribution in [3.63, 3.8) is 0 Å². The van der Waals surface area contributed by atoms with Crippen LogP contribution in [0.2, 0.25) is 0 Å². The lowest BCUT2D eigenvalue weighted by molar-refractivity contribution is -0.125. The summed E-state index contributed by atoms with van der Waals surface area (Å²) in [6, 6.07) is 1.86. The Hall–Kier alpha value is -1.85. The van der Waals surface area contributed by atoms with E-state index in [0.29, 0.717) is 19.0 Å². The minimum atomic E-state index is 0.0617. The molecule has 6 heteroatoms. The maximum Gasteiger partial charge on any atom is 0.227 e. The van der Waals surface area contributed by atoms with Gasteiger partial charge in [0.15, 0.2) is 0 Å². The van der Waals surface area contributed by atoms with Crippen molar-refractivity contribution in [3.05, 3.63) is 12.3 Å². The van der Waals surface area contributed by atoms with E-state index >= 15 is 0 Å². The first-order chi connectivity index (χ1) is 8.11. The fourth-order valence-electron chi connectivity index (χ4n) is 1.75. The predicted molar refractivity (Wildman–Crippen MR) is 66.1 cm³/mol. The Bertz CT molecular complexity index is 414. The minimum Gasteiger partial charge on any atom is -0.363 e. The van der Waals surface area contributed by atoms with Crippen molar-refractivity contribution in [1.29, 1.82) is 0 Å². The molecule has 17 heavy (non-hydrogen) atoms. The Labute approximate surface area is 101 Å². The van der Waals surface area contributed by atoms with E-state index in [9.17, 15) is 4.79 Å². The third-order valence-corrected chi connectivity index (χ3v) is 2.87. The predicted octanol–water partition coefficient (Wildman–Crippen LogP) is -0.275. The number of hydrogen-bond acceptors (Lipinski definition) is 5. The molecule has 0 aliphatic carbocycles. The van der Waals surface area contributed by atoms with Crippen LogP contribution in [0.25, 0.3) is 0 Å². The highest BCUT2D eigenvalue weighted by atomic mass is 16.1. The number of carbonyl (C=O) groups excluding carboxylic acids is 1. The normalized spacial score (nSPS) is 15.4. The molecular weight excluding hydrogens is 218 g/mol. The number of rotatable bonds is 3. The molecule has 1 amide bonds. The molecule has 0 spiro atoms. The van der Waals surface area contributed by atoms with Crippen molar-refractivity contribution in [2.45, 2.75) is 0 Å². The van der Waals surface area contributed by atoms with E-state index in [2.05, 4.69) is 15.3 Å². The van der Waals surface area contributed by atoms with E-state index in [1.807, 2.05) is 30.0 Å². The molecular formula is C11H17N5O. The van der Waals surface area contributed by atoms with Crippen LogP contribution in [0, 0.1) is 5.92 Å². The van der Waals surface area contributed by atoms with Crippen molar-refractivity contribution < 1.29 is 4.79 Å². The molecule has 1 fully saturated rings. The van der Waals surface area contributed by atoms with Gasteiger partial charge in [-0.15, -0.1) is 0 Å². The van der Waals surface area contributed by atoms with Crippen molar-refractivity contribution in [1.82, 2.24) is 15.3 Å². The molecule has 1 aliphatic heterocycles. The Balaban J connectivity index is 2.01. The summed E-state index contributed by atoms with van der Waals surface area (Å²) in [5.74, 6) is 1.71. The second-order valence-electron chi connectivity index (χ2n) is 4.33. The summed E-state index contributed by atoms with van der Waals surface area (Å²) in [4.78, 5) is 23.9. The Morgan fingerprint density at radius 3 is 2.82 bits per heavy atom. The molecule has 0 unspecified atom stereocenters. The summed E-state index contributed by atoms with van der Waals surface area (Å²) >= 11 is 0. The quantitative estimate of drug-likeness (QED) is 0.781. The first kappa shape index (κ1) is 11.6. The number of amides is 1. The van der Waals surface area contributed by atoms with Crippen molar-refractivity contribution in [3.8, 4) is 0 Å². The van der Waals surface area contributed by atoms with E-state index < -0.39 is 0 Å². The highest BCUT2D eigenvalue weighted by Crippen LogP contribution is 2.22. The summed E-state index contributed by atoms with van der Waals surface area (Å²) in [6.45, 7) is 1.38. The standard InChI is InChI=1S/C11H17N5O/c1-12-10(17)8-6-16(7-8)11-13-5-4-9(14-11)15(2)3/h4-5,8H,6-7H2,1-3H3,(H,12,17). The summed E-state index contributed by atoms with van der Waals surface area (Å²) in [7, 11) is 5.54. The molecule has 0 aromatic carbocycles. The molecule has 2 heterocycles. The number of nitrogens with one attached hydrogen (secondary N) is 1. The van der Waals surface area contributed by atoms with Gasteiger partial charge in [-0.25, -0.2) is 4.98 Å². The van der Waals surface area contributed by atoms with Gasteiger partial charge in [-0.3, -0.25) is 4.79 Å². The topological polar surface area (TPSA) is 61.4 Å². The van der Waals surface area contributed by atoms with Gasteiger partial charge in [0.05, 0.1) is 5.92 Å². The number of anilines is 2. The maximum atomic E-state index is 11.4. The molecule has 2 rings (SSSR count). The second-order valence-corrected chi connectivity index (χ2v) is 4.33. The Morgan fingerprint density at radius 1 is 1.53 bits per heavy atom.